The summed E-state index contributed by atoms with van der Waals surface area (Å²) in [5.41, 5.74) is 0. The molecular weight excluding hydrogens is 268 g/mol. The summed E-state index contributed by atoms with van der Waals surface area (Å²) >= 11 is 0.824. The lowest BCUT2D eigenvalue weighted by Gasteiger charge is -2.03. The van der Waals surface area contributed by atoms with E-state index in [1.807, 2.05) is 13.8 Å². The lowest BCUT2D eigenvalue weighted by molar-refractivity contribution is 0.0696. The number of carboxylic acid groups (broad SMARTS) is 1. The van der Waals surface area contributed by atoms with Crippen LogP contribution in [0.15, 0.2) is 18.5 Å². The van der Waals surface area contributed by atoms with Crippen molar-refractivity contribution in [2.45, 2.75) is 19.9 Å². The van der Waals surface area contributed by atoms with Gasteiger partial charge >= 0.3 is 5.97 Å². The fourth-order valence-corrected chi connectivity index (χ4v) is 2.00. The number of rotatable bonds is 4. The third kappa shape index (κ3) is 2.97. The second kappa shape index (κ2) is 5.19. The Labute approximate surface area is 112 Å². The second-order valence-electron chi connectivity index (χ2n) is 4.06. The van der Waals surface area contributed by atoms with E-state index >= 15 is 0 Å². The minimum Gasteiger partial charge on any atom is -0.476 e. The number of nitrogens with zero attached hydrogens (tertiary/aromatic N) is 3. The van der Waals surface area contributed by atoms with Crippen molar-refractivity contribution >= 4 is 29.0 Å². The molecule has 8 heteroatoms. The number of anilines is 1. The zero-order valence-electron chi connectivity index (χ0n) is 10.3. The van der Waals surface area contributed by atoms with Crippen molar-refractivity contribution in [1.82, 2.24) is 14.8 Å². The molecule has 0 aliphatic rings. The first-order valence-electron chi connectivity index (χ1n) is 5.53. The van der Waals surface area contributed by atoms with Gasteiger partial charge in [-0.05, 0) is 13.8 Å². The Balaban J connectivity index is 2.09. The van der Waals surface area contributed by atoms with Gasteiger partial charge in [-0.2, -0.15) is 5.10 Å². The molecule has 2 aromatic heterocycles. The van der Waals surface area contributed by atoms with Crippen LogP contribution in [0.25, 0.3) is 0 Å². The lowest BCUT2D eigenvalue weighted by atomic mass is 10.4. The molecule has 19 heavy (non-hydrogen) atoms. The fraction of sp³-hybridized carbons (Fsp3) is 0.273. The largest absolute Gasteiger partial charge is 0.476 e. The molecule has 0 radical (unpaired) electrons. The second-order valence-corrected chi connectivity index (χ2v) is 5.09. The molecule has 0 bridgehead atoms. The van der Waals surface area contributed by atoms with Crippen LogP contribution in [0.4, 0.5) is 5.82 Å². The number of thiazole rings is 1. The van der Waals surface area contributed by atoms with E-state index in [0.29, 0.717) is 5.82 Å². The first kappa shape index (κ1) is 13.2. The molecule has 2 N–H and O–H groups in total. The van der Waals surface area contributed by atoms with Gasteiger partial charge in [0, 0.05) is 18.3 Å². The Morgan fingerprint density at radius 2 is 2.21 bits per heavy atom. The Morgan fingerprint density at radius 3 is 2.74 bits per heavy atom. The molecule has 0 atom stereocenters. The lowest BCUT2D eigenvalue weighted by Crippen LogP contribution is -2.11. The predicted octanol–water partition coefficient (Wildman–Crippen LogP) is 1.87. The number of hydrogen-bond acceptors (Lipinski definition) is 5. The highest BCUT2D eigenvalue weighted by molar-refractivity contribution is 7.15. The standard InChI is InChI=1S/C11H12N4O3S/c1-6(2)15-4-3-8(14-15)13-9(16)7-5-12-10(19-7)11(17)18/h3-6H,1-2H3,(H,17,18)(H,13,14,16). The van der Waals surface area contributed by atoms with Crippen molar-refractivity contribution in [3.63, 3.8) is 0 Å². The first-order valence-corrected chi connectivity index (χ1v) is 6.34. The van der Waals surface area contributed by atoms with Gasteiger partial charge in [-0.3, -0.25) is 9.48 Å². The van der Waals surface area contributed by atoms with E-state index in [9.17, 15) is 9.59 Å². The van der Waals surface area contributed by atoms with Crippen LogP contribution in [0.5, 0.6) is 0 Å². The predicted molar refractivity (Wildman–Crippen MR) is 69.6 cm³/mol. The maximum absolute atomic E-state index is 11.8. The number of aromatic carboxylic acids is 1. The first-order chi connectivity index (χ1) is 8.97. The smallest absolute Gasteiger partial charge is 0.365 e. The van der Waals surface area contributed by atoms with Gasteiger partial charge in [0.05, 0.1) is 6.20 Å². The Bertz CT molecular complexity index is 617. The topological polar surface area (TPSA) is 97.1 Å². The number of carbonyl (C=O) groups is 2. The number of amides is 1. The summed E-state index contributed by atoms with van der Waals surface area (Å²) in [6, 6.07) is 1.88. The summed E-state index contributed by atoms with van der Waals surface area (Å²) in [4.78, 5) is 26.4. The summed E-state index contributed by atoms with van der Waals surface area (Å²) in [5.74, 6) is -1.14. The zero-order chi connectivity index (χ0) is 14.0. The van der Waals surface area contributed by atoms with Crippen LogP contribution in [0, 0.1) is 0 Å². The molecule has 0 aromatic carbocycles. The van der Waals surface area contributed by atoms with E-state index in [1.54, 1.807) is 16.9 Å². The highest BCUT2D eigenvalue weighted by Gasteiger charge is 2.15. The summed E-state index contributed by atoms with van der Waals surface area (Å²) in [6.07, 6.45) is 3.00. The molecule has 0 spiro atoms. The van der Waals surface area contributed by atoms with Crippen molar-refractivity contribution in [3.05, 3.63) is 28.3 Å². The van der Waals surface area contributed by atoms with Gasteiger partial charge in [0.2, 0.25) is 5.01 Å². The summed E-state index contributed by atoms with van der Waals surface area (Å²) in [7, 11) is 0. The van der Waals surface area contributed by atoms with Crippen molar-refractivity contribution in [1.29, 1.82) is 0 Å². The molecule has 0 aliphatic carbocycles. The molecule has 0 fully saturated rings. The van der Waals surface area contributed by atoms with E-state index in [-0.39, 0.29) is 15.9 Å². The van der Waals surface area contributed by atoms with E-state index in [2.05, 4.69) is 15.4 Å². The normalized spacial score (nSPS) is 10.7. The molecule has 2 heterocycles. The third-order valence-corrected chi connectivity index (χ3v) is 3.28. The highest BCUT2D eigenvalue weighted by atomic mass is 32.1. The molecule has 1 amide bonds. The Kier molecular flexibility index (Phi) is 3.61. The molecule has 0 saturated heterocycles. The van der Waals surface area contributed by atoms with Crippen LogP contribution in [0.2, 0.25) is 0 Å². The monoisotopic (exact) mass is 280 g/mol. The third-order valence-electron chi connectivity index (χ3n) is 2.29. The molecular formula is C11H12N4O3S. The Hall–Kier alpha value is -2.22. The number of carbonyl (C=O) groups excluding carboxylic acids is 1. The Morgan fingerprint density at radius 1 is 1.47 bits per heavy atom. The molecule has 100 valence electrons. The van der Waals surface area contributed by atoms with Crippen LogP contribution in [-0.2, 0) is 0 Å². The average molecular weight is 280 g/mol. The van der Waals surface area contributed by atoms with Crippen molar-refractivity contribution in [3.8, 4) is 0 Å². The van der Waals surface area contributed by atoms with Crippen LogP contribution in [-0.4, -0.2) is 31.7 Å². The van der Waals surface area contributed by atoms with Gasteiger partial charge in [0.15, 0.2) is 5.82 Å². The van der Waals surface area contributed by atoms with Gasteiger partial charge in [0.25, 0.3) is 5.91 Å². The minimum absolute atomic E-state index is 0.113. The van der Waals surface area contributed by atoms with E-state index in [4.69, 9.17) is 5.11 Å². The summed E-state index contributed by atoms with van der Waals surface area (Å²) in [6.45, 7) is 3.95. The van der Waals surface area contributed by atoms with Crippen LogP contribution < -0.4 is 5.32 Å². The van der Waals surface area contributed by atoms with Gasteiger partial charge < -0.3 is 10.4 Å². The van der Waals surface area contributed by atoms with Crippen molar-refractivity contribution in [2.75, 3.05) is 5.32 Å². The zero-order valence-corrected chi connectivity index (χ0v) is 11.1. The SMILES string of the molecule is CC(C)n1ccc(NC(=O)c2cnc(C(=O)O)s2)n1. The minimum atomic E-state index is -1.15. The van der Waals surface area contributed by atoms with Crippen LogP contribution in [0.3, 0.4) is 0 Å². The molecule has 0 aliphatic heterocycles. The number of carboxylic acids is 1. The summed E-state index contributed by atoms with van der Waals surface area (Å²) in [5, 5.41) is 15.4. The summed E-state index contributed by atoms with van der Waals surface area (Å²) < 4.78 is 1.71. The molecule has 0 unspecified atom stereocenters. The number of hydrogen-bond donors (Lipinski definition) is 2. The highest BCUT2D eigenvalue weighted by Crippen LogP contribution is 2.15. The van der Waals surface area contributed by atoms with Gasteiger partial charge in [-0.1, -0.05) is 0 Å². The van der Waals surface area contributed by atoms with Gasteiger partial charge in [-0.15, -0.1) is 11.3 Å². The van der Waals surface area contributed by atoms with Crippen molar-refractivity contribution in [2.24, 2.45) is 0 Å². The van der Waals surface area contributed by atoms with Gasteiger partial charge in [-0.25, -0.2) is 9.78 Å². The van der Waals surface area contributed by atoms with E-state index in [1.165, 1.54) is 6.20 Å². The van der Waals surface area contributed by atoms with Crippen LogP contribution >= 0.6 is 11.3 Å². The maximum Gasteiger partial charge on any atom is 0.365 e. The quantitative estimate of drug-likeness (QED) is 0.891. The van der Waals surface area contributed by atoms with Crippen LogP contribution in [0.1, 0.15) is 39.4 Å². The molecule has 0 saturated carbocycles. The molecule has 2 aromatic rings. The van der Waals surface area contributed by atoms with Gasteiger partial charge in [0.1, 0.15) is 4.88 Å². The molecule has 2 rings (SSSR count). The average Bonchev–Trinajstić information content (AvgIpc) is 2.96. The van der Waals surface area contributed by atoms with E-state index in [0.717, 1.165) is 11.3 Å². The number of aromatic nitrogens is 3. The molecule has 7 nitrogen and oxygen atoms in total. The number of nitrogens with one attached hydrogen (secondary N) is 1. The van der Waals surface area contributed by atoms with Crippen molar-refractivity contribution < 1.29 is 14.7 Å². The van der Waals surface area contributed by atoms with E-state index < -0.39 is 11.9 Å². The maximum atomic E-state index is 11.8. The fourth-order valence-electron chi connectivity index (χ4n) is 1.35.